The SMILES string of the molecule is CCOC(C(=O)c1ccc(-c2cc(OC)c(F)c(OC)c2)o1)c1ccc(-c2nnc(C)s2)cc1. The average Bonchev–Trinajstić information content (AvgIpc) is 3.52. The van der Waals surface area contributed by atoms with Crippen LogP contribution in [0.2, 0.25) is 0 Å². The lowest BCUT2D eigenvalue weighted by molar-refractivity contribution is 0.0429. The summed E-state index contributed by atoms with van der Waals surface area (Å²) in [6, 6.07) is 13.6. The normalized spacial score (nSPS) is 11.9. The van der Waals surface area contributed by atoms with E-state index in [1.54, 1.807) is 12.1 Å². The van der Waals surface area contributed by atoms with E-state index in [4.69, 9.17) is 18.6 Å². The van der Waals surface area contributed by atoms with Gasteiger partial charge in [-0.15, -0.1) is 10.2 Å². The Morgan fingerprint density at radius 2 is 1.71 bits per heavy atom. The van der Waals surface area contributed by atoms with Crippen molar-refractivity contribution >= 4 is 17.1 Å². The molecule has 0 saturated heterocycles. The Hall–Kier alpha value is -3.56. The van der Waals surface area contributed by atoms with Gasteiger partial charge in [-0.3, -0.25) is 4.79 Å². The van der Waals surface area contributed by atoms with E-state index in [1.807, 2.05) is 38.1 Å². The van der Waals surface area contributed by atoms with Crippen molar-refractivity contribution in [3.8, 4) is 33.4 Å². The van der Waals surface area contributed by atoms with Crippen LogP contribution in [-0.2, 0) is 4.74 Å². The van der Waals surface area contributed by atoms with Crippen LogP contribution in [0.15, 0.2) is 52.9 Å². The molecule has 0 amide bonds. The maximum absolute atomic E-state index is 14.3. The predicted octanol–water partition coefficient (Wildman–Crippen LogP) is 5.89. The lowest BCUT2D eigenvalue weighted by Crippen LogP contribution is -2.16. The minimum Gasteiger partial charge on any atom is -0.494 e. The first-order valence-corrected chi connectivity index (χ1v) is 11.3. The van der Waals surface area contributed by atoms with Crippen LogP contribution in [0.25, 0.3) is 21.9 Å². The van der Waals surface area contributed by atoms with Crippen molar-refractivity contribution in [2.24, 2.45) is 0 Å². The molecule has 0 N–H and O–H groups in total. The number of carbonyl (C=O) groups excluding carboxylic acids is 1. The lowest BCUT2D eigenvalue weighted by Gasteiger charge is -2.15. The molecular weight excluding hydrogens is 459 g/mol. The third kappa shape index (κ3) is 4.71. The summed E-state index contributed by atoms with van der Waals surface area (Å²) in [7, 11) is 2.73. The third-order valence-electron chi connectivity index (χ3n) is 5.14. The van der Waals surface area contributed by atoms with Crippen molar-refractivity contribution in [2.75, 3.05) is 20.8 Å². The van der Waals surface area contributed by atoms with Crippen LogP contribution in [-0.4, -0.2) is 36.8 Å². The van der Waals surface area contributed by atoms with Crippen LogP contribution in [0.1, 0.15) is 34.2 Å². The number of benzene rings is 2. The summed E-state index contributed by atoms with van der Waals surface area (Å²) in [5.41, 5.74) is 2.12. The number of halogens is 1. The maximum atomic E-state index is 14.3. The Morgan fingerprint density at radius 3 is 2.26 bits per heavy atom. The van der Waals surface area contributed by atoms with Gasteiger partial charge in [-0.25, -0.2) is 0 Å². The first-order chi connectivity index (χ1) is 16.4. The summed E-state index contributed by atoms with van der Waals surface area (Å²) >= 11 is 1.50. The van der Waals surface area contributed by atoms with Gasteiger partial charge in [-0.1, -0.05) is 35.6 Å². The number of hydrogen-bond donors (Lipinski definition) is 0. The van der Waals surface area contributed by atoms with E-state index in [-0.39, 0.29) is 23.0 Å². The number of carbonyl (C=O) groups is 1. The lowest BCUT2D eigenvalue weighted by atomic mass is 10.0. The number of rotatable bonds is 9. The molecule has 1 unspecified atom stereocenters. The zero-order chi connectivity index (χ0) is 24.2. The highest BCUT2D eigenvalue weighted by molar-refractivity contribution is 7.14. The van der Waals surface area contributed by atoms with Crippen LogP contribution in [0, 0.1) is 12.7 Å². The van der Waals surface area contributed by atoms with Gasteiger partial charge >= 0.3 is 0 Å². The molecule has 7 nitrogen and oxygen atoms in total. The predicted molar refractivity (Wildman–Crippen MR) is 126 cm³/mol. The molecule has 2 aromatic carbocycles. The topological polar surface area (TPSA) is 83.7 Å². The van der Waals surface area contributed by atoms with Gasteiger partial charge in [0.2, 0.25) is 11.6 Å². The second kappa shape index (κ2) is 10.1. The molecule has 4 rings (SSSR count). The fourth-order valence-corrected chi connectivity index (χ4v) is 4.17. The summed E-state index contributed by atoms with van der Waals surface area (Å²) < 4.78 is 36.0. The van der Waals surface area contributed by atoms with Crippen molar-refractivity contribution in [3.05, 3.63) is 70.7 Å². The molecule has 176 valence electrons. The summed E-state index contributed by atoms with van der Waals surface area (Å²) in [6.07, 6.45) is -0.841. The molecule has 0 fully saturated rings. The largest absolute Gasteiger partial charge is 0.494 e. The molecule has 0 spiro atoms. The van der Waals surface area contributed by atoms with E-state index >= 15 is 0 Å². The molecule has 2 aromatic heterocycles. The van der Waals surface area contributed by atoms with Crippen molar-refractivity contribution in [2.45, 2.75) is 20.0 Å². The Labute approximate surface area is 200 Å². The fourth-order valence-electron chi connectivity index (χ4n) is 3.47. The van der Waals surface area contributed by atoms with Gasteiger partial charge in [0.25, 0.3) is 0 Å². The number of ketones is 1. The number of methoxy groups -OCH3 is 2. The number of hydrogen-bond acceptors (Lipinski definition) is 8. The molecule has 0 aliphatic heterocycles. The fraction of sp³-hybridized carbons (Fsp3) is 0.240. The number of aromatic nitrogens is 2. The van der Waals surface area contributed by atoms with Crippen molar-refractivity contribution in [1.29, 1.82) is 0 Å². The summed E-state index contributed by atoms with van der Waals surface area (Å²) in [6.45, 7) is 4.06. The molecule has 0 aliphatic rings. The van der Waals surface area contributed by atoms with Gasteiger partial charge in [0.15, 0.2) is 17.3 Å². The maximum Gasteiger partial charge on any atom is 0.231 e. The second-order valence-electron chi connectivity index (χ2n) is 7.31. The zero-order valence-electron chi connectivity index (χ0n) is 19.1. The van der Waals surface area contributed by atoms with Crippen LogP contribution in [0.3, 0.4) is 0 Å². The van der Waals surface area contributed by atoms with Crippen molar-refractivity contribution in [1.82, 2.24) is 10.2 Å². The molecule has 1 atom stereocenters. The molecular formula is C25H23FN2O5S. The van der Waals surface area contributed by atoms with E-state index < -0.39 is 11.9 Å². The van der Waals surface area contributed by atoms with Gasteiger partial charge in [0.05, 0.1) is 14.2 Å². The number of aryl methyl sites for hydroxylation is 1. The summed E-state index contributed by atoms with van der Waals surface area (Å²) in [5, 5.41) is 9.89. The highest BCUT2D eigenvalue weighted by atomic mass is 32.1. The first kappa shape index (κ1) is 23.6. The van der Waals surface area contributed by atoms with Gasteiger partial charge < -0.3 is 18.6 Å². The van der Waals surface area contributed by atoms with Gasteiger partial charge in [-0.2, -0.15) is 4.39 Å². The molecule has 2 heterocycles. The minimum absolute atomic E-state index is 0.0107. The Kier molecular flexibility index (Phi) is 7.04. The van der Waals surface area contributed by atoms with E-state index in [0.29, 0.717) is 23.5 Å². The zero-order valence-corrected chi connectivity index (χ0v) is 19.9. The summed E-state index contributed by atoms with van der Waals surface area (Å²) in [4.78, 5) is 13.3. The molecule has 0 aliphatic carbocycles. The average molecular weight is 483 g/mol. The van der Waals surface area contributed by atoms with E-state index in [1.165, 1.54) is 37.7 Å². The first-order valence-electron chi connectivity index (χ1n) is 10.5. The molecule has 0 bridgehead atoms. The Bertz CT molecular complexity index is 1270. The van der Waals surface area contributed by atoms with E-state index in [9.17, 15) is 9.18 Å². The Balaban J connectivity index is 1.61. The smallest absolute Gasteiger partial charge is 0.231 e. The number of Topliss-reactive ketones (excluding diaryl/α,β-unsaturated/α-hetero) is 1. The van der Waals surface area contributed by atoms with Crippen LogP contribution in [0.5, 0.6) is 11.5 Å². The monoisotopic (exact) mass is 482 g/mol. The van der Waals surface area contributed by atoms with Crippen LogP contribution in [0.4, 0.5) is 4.39 Å². The van der Waals surface area contributed by atoms with Gasteiger partial charge in [-0.05, 0) is 43.7 Å². The minimum atomic E-state index is -0.841. The van der Waals surface area contributed by atoms with Crippen LogP contribution >= 0.6 is 11.3 Å². The highest BCUT2D eigenvalue weighted by Gasteiger charge is 2.26. The summed E-state index contributed by atoms with van der Waals surface area (Å²) in [5.74, 6) is -0.418. The molecule has 0 radical (unpaired) electrons. The standard InChI is InChI=1S/C25H23FN2O5S/c1-5-32-24(15-6-8-16(9-7-15)25-28-27-14(2)34-25)23(29)19-11-10-18(33-19)17-12-20(30-3)22(26)21(13-17)31-4/h6-13,24H,5H2,1-4H3. The second-order valence-corrected chi connectivity index (χ2v) is 8.49. The van der Waals surface area contributed by atoms with Gasteiger partial charge in [0, 0.05) is 17.7 Å². The van der Waals surface area contributed by atoms with Crippen molar-refractivity contribution in [3.63, 3.8) is 0 Å². The van der Waals surface area contributed by atoms with Crippen molar-refractivity contribution < 1.29 is 27.8 Å². The number of nitrogens with zero attached hydrogens (tertiary/aromatic N) is 2. The van der Waals surface area contributed by atoms with E-state index in [0.717, 1.165) is 15.6 Å². The molecule has 34 heavy (non-hydrogen) atoms. The molecule has 4 aromatic rings. The Morgan fingerprint density at radius 1 is 1.03 bits per heavy atom. The quantitative estimate of drug-likeness (QED) is 0.275. The van der Waals surface area contributed by atoms with Gasteiger partial charge in [0.1, 0.15) is 21.9 Å². The molecule has 0 saturated carbocycles. The number of ether oxygens (including phenoxy) is 3. The van der Waals surface area contributed by atoms with E-state index in [2.05, 4.69) is 10.2 Å². The molecule has 9 heteroatoms. The third-order valence-corrected chi connectivity index (χ3v) is 6.02. The van der Waals surface area contributed by atoms with Crippen LogP contribution < -0.4 is 9.47 Å². The highest BCUT2D eigenvalue weighted by Crippen LogP contribution is 2.35. The number of furan rings is 1.